The molecule has 24 heavy (non-hydrogen) atoms. The van der Waals surface area contributed by atoms with E-state index in [2.05, 4.69) is 10.6 Å². The second-order valence-electron chi connectivity index (χ2n) is 5.07. The summed E-state index contributed by atoms with van der Waals surface area (Å²) in [6.07, 6.45) is 3.38. The third-order valence-electron chi connectivity index (χ3n) is 2.95. The zero-order valence-corrected chi connectivity index (χ0v) is 13.7. The average Bonchev–Trinajstić information content (AvgIpc) is 2.57. The summed E-state index contributed by atoms with van der Waals surface area (Å²) in [5, 5.41) is 5.08. The number of amides is 2. The van der Waals surface area contributed by atoms with Gasteiger partial charge in [-0.3, -0.25) is 9.59 Å². The van der Waals surface area contributed by atoms with Crippen LogP contribution in [0.1, 0.15) is 25.8 Å². The van der Waals surface area contributed by atoms with Crippen molar-refractivity contribution < 1.29 is 23.5 Å². The maximum Gasteiger partial charge on any atom is 0.331 e. The molecule has 0 fully saturated rings. The van der Waals surface area contributed by atoms with Crippen molar-refractivity contribution in [2.45, 2.75) is 26.3 Å². The highest BCUT2D eigenvalue weighted by Crippen LogP contribution is 2.04. The molecule has 2 amide bonds. The molecule has 0 aliphatic carbocycles. The summed E-state index contributed by atoms with van der Waals surface area (Å²) >= 11 is 0. The van der Waals surface area contributed by atoms with Crippen molar-refractivity contribution in [2.75, 3.05) is 13.2 Å². The van der Waals surface area contributed by atoms with Crippen LogP contribution in [0, 0.1) is 5.82 Å². The summed E-state index contributed by atoms with van der Waals surface area (Å²) in [6.45, 7) is 3.50. The van der Waals surface area contributed by atoms with Gasteiger partial charge in [-0.2, -0.15) is 0 Å². The van der Waals surface area contributed by atoms with Gasteiger partial charge in [0.1, 0.15) is 11.9 Å². The van der Waals surface area contributed by atoms with Crippen molar-refractivity contribution in [1.29, 1.82) is 0 Å². The molecule has 0 spiro atoms. The van der Waals surface area contributed by atoms with Crippen molar-refractivity contribution in [3.63, 3.8) is 0 Å². The number of hydrogen-bond acceptors (Lipinski definition) is 4. The van der Waals surface area contributed by atoms with Crippen LogP contribution in [-0.2, 0) is 19.1 Å². The molecule has 0 unspecified atom stereocenters. The molecule has 1 rings (SSSR count). The summed E-state index contributed by atoms with van der Waals surface area (Å²) in [5.74, 6) is -1.95. The number of halogens is 1. The van der Waals surface area contributed by atoms with E-state index in [9.17, 15) is 18.8 Å². The smallest absolute Gasteiger partial charge is 0.331 e. The summed E-state index contributed by atoms with van der Waals surface area (Å²) in [5.41, 5.74) is 0.624. The first-order chi connectivity index (χ1) is 11.4. The first-order valence-corrected chi connectivity index (χ1v) is 7.60. The number of ether oxygens (including phenoxy) is 1. The Labute approximate surface area is 140 Å². The van der Waals surface area contributed by atoms with E-state index in [0.29, 0.717) is 12.1 Å². The number of nitrogens with one attached hydrogen (secondary N) is 2. The van der Waals surface area contributed by atoms with E-state index in [0.717, 1.165) is 12.5 Å². The largest absolute Gasteiger partial charge is 0.452 e. The minimum atomic E-state index is -0.711. The molecule has 0 radical (unpaired) electrons. The Bertz CT molecular complexity index is 599. The number of esters is 1. The Morgan fingerprint density at radius 1 is 1.25 bits per heavy atom. The maximum atomic E-state index is 12.7. The molecular weight excluding hydrogens is 315 g/mol. The standard InChI is InChI=1S/C17H21FN2O4/c1-3-10-19-17(23)12(2)20-15(21)11-24-16(22)9-6-13-4-7-14(18)8-5-13/h4-9,12H,3,10-11H2,1-2H3,(H,19,23)(H,20,21)/b9-6+/t12-/m0/s1. The molecule has 0 saturated carbocycles. The van der Waals surface area contributed by atoms with Crippen LogP contribution in [0.3, 0.4) is 0 Å². The van der Waals surface area contributed by atoms with E-state index in [1.54, 1.807) is 6.92 Å². The minimum absolute atomic E-state index is 0.298. The molecule has 0 aliphatic heterocycles. The van der Waals surface area contributed by atoms with Crippen LogP contribution >= 0.6 is 0 Å². The van der Waals surface area contributed by atoms with Gasteiger partial charge in [-0.25, -0.2) is 9.18 Å². The van der Waals surface area contributed by atoms with Crippen molar-refractivity contribution in [1.82, 2.24) is 10.6 Å². The van der Waals surface area contributed by atoms with Crippen LogP contribution in [0.4, 0.5) is 4.39 Å². The number of benzene rings is 1. The normalized spacial score (nSPS) is 11.8. The molecular formula is C17H21FN2O4. The summed E-state index contributed by atoms with van der Waals surface area (Å²) in [4.78, 5) is 34.7. The highest BCUT2D eigenvalue weighted by molar-refractivity contribution is 5.91. The lowest BCUT2D eigenvalue weighted by Crippen LogP contribution is -2.46. The van der Waals surface area contributed by atoms with E-state index in [1.165, 1.54) is 30.3 Å². The number of carbonyl (C=O) groups excluding carboxylic acids is 3. The molecule has 0 saturated heterocycles. The van der Waals surface area contributed by atoms with Crippen molar-refractivity contribution in [2.24, 2.45) is 0 Å². The summed E-state index contributed by atoms with van der Waals surface area (Å²) in [6, 6.07) is 4.83. The van der Waals surface area contributed by atoms with Gasteiger partial charge in [0.2, 0.25) is 5.91 Å². The topological polar surface area (TPSA) is 84.5 Å². The zero-order valence-electron chi connectivity index (χ0n) is 13.7. The Kier molecular flexibility index (Phi) is 8.18. The fraction of sp³-hybridized carbons (Fsp3) is 0.353. The van der Waals surface area contributed by atoms with E-state index in [4.69, 9.17) is 4.74 Å². The van der Waals surface area contributed by atoms with Gasteiger partial charge >= 0.3 is 5.97 Å². The quantitative estimate of drug-likeness (QED) is 0.555. The highest BCUT2D eigenvalue weighted by Gasteiger charge is 2.15. The molecule has 0 heterocycles. The Balaban J connectivity index is 2.34. The first kappa shape index (κ1) is 19.3. The Hall–Kier alpha value is -2.70. The first-order valence-electron chi connectivity index (χ1n) is 7.60. The van der Waals surface area contributed by atoms with E-state index >= 15 is 0 Å². The predicted molar refractivity (Wildman–Crippen MR) is 87.3 cm³/mol. The minimum Gasteiger partial charge on any atom is -0.452 e. The van der Waals surface area contributed by atoms with Gasteiger partial charge < -0.3 is 15.4 Å². The second kappa shape index (κ2) is 10.1. The number of rotatable bonds is 8. The SMILES string of the molecule is CCCNC(=O)[C@H](C)NC(=O)COC(=O)/C=C/c1ccc(F)cc1. The van der Waals surface area contributed by atoms with Gasteiger partial charge in [-0.15, -0.1) is 0 Å². The van der Waals surface area contributed by atoms with Crippen LogP contribution in [0.25, 0.3) is 6.08 Å². The van der Waals surface area contributed by atoms with Crippen molar-refractivity contribution >= 4 is 23.9 Å². The van der Waals surface area contributed by atoms with Gasteiger partial charge in [0.25, 0.3) is 5.91 Å². The van der Waals surface area contributed by atoms with Gasteiger partial charge in [-0.1, -0.05) is 19.1 Å². The molecule has 0 aromatic heterocycles. The maximum absolute atomic E-state index is 12.7. The third kappa shape index (κ3) is 7.53. The van der Waals surface area contributed by atoms with E-state index in [-0.39, 0.29) is 11.7 Å². The number of carbonyl (C=O) groups is 3. The van der Waals surface area contributed by atoms with Crippen LogP contribution in [0.2, 0.25) is 0 Å². The third-order valence-corrected chi connectivity index (χ3v) is 2.95. The van der Waals surface area contributed by atoms with Crippen LogP contribution < -0.4 is 10.6 Å². The van der Waals surface area contributed by atoms with Crippen molar-refractivity contribution in [3.05, 3.63) is 41.7 Å². The zero-order chi connectivity index (χ0) is 17.9. The molecule has 7 heteroatoms. The molecule has 0 aliphatic rings. The lowest BCUT2D eigenvalue weighted by atomic mass is 10.2. The molecule has 0 bridgehead atoms. The summed E-state index contributed by atoms with van der Waals surface area (Å²) in [7, 11) is 0. The average molecular weight is 336 g/mol. The lowest BCUT2D eigenvalue weighted by molar-refractivity contribution is -0.144. The molecule has 6 nitrogen and oxygen atoms in total. The molecule has 2 N–H and O–H groups in total. The fourth-order valence-corrected chi connectivity index (χ4v) is 1.67. The molecule has 1 aromatic carbocycles. The Morgan fingerprint density at radius 2 is 1.92 bits per heavy atom. The van der Waals surface area contributed by atoms with Crippen LogP contribution in [0.15, 0.2) is 30.3 Å². The van der Waals surface area contributed by atoms with Crippen molar-refractivity contribution in [3.8, 4) is 0 Å². The van der Waals surface area contributed by atoms with Gasteiger partial charge in [-0.05, 0) is 37.1 Å². The van der Waals surface area contributed by atoms with Crippen LogP contribution in [0.5, 0.6) is 0 Å². The summed E-state index contributed by atoms with van der Waals surface area (Å²) < 4.78 is 17.5. The Morgan fingerprint density at radius 3 is 2.54 bits per heavy atom. The van der Waals surface area contributed by atoms with Gasteiger partial charge in [0, 0.05) is 12.6 Å². The van der Waals surface area contributed by atoms with Crippen LogP contribution in [-0.4, -0.2) is 37.0 Å². The van der Waals surface area contributed by atoms with Gasteiger partial charge in [0.05, 0.1) is 0 Å². The molecule has 1 atom stereocenters. The predicted octanol–water partition coefficient (Wildman–Crippen LogP) is 1.41. The van der Waals surface area contributed by atoms with E-state index in [1.807, 2.05) is 6.92 Å². The number of hydrogen-bond donors (Lipinski definition) is 2. The highest BCUT2D eigenvalue weighted by atomic mass is 19.1. The lowest BCUT2D eigenvalue weighted by Gasteiger charge is -2.13. The molecule has 1 aromatic rings. The monoisotopic (exact) mass is 336 g/mol. The van der Waals surface area contributed by atoms with E-state index < -0.39 is 24.5 Å². The fourth-order valence-electron chi connectivity index (χ4n) is 1.67. The second-order valence-corrected chi connectivity index (χ2v) is 5.07. The van der Waals surface area contributed by atoms with Gasteiger partial charge in [0.15, 0.2) is 6.61 Å². The molecule has 130 valence electrons.